The van der Waals surface area contributed by atoms with Crippen molar-refractivity contribution in [3.63, 3.8) is 0 Å². The highest BCUT2D eigenvalue weighted by atomic mass is 19.1. The van der Waals surface area contributed by atoms with E-state index in [0.717, 1.165) is 5.69 Å². The van der Waals surface area contributed by atoms with Gasteiger partial charge in [-0.05, 0) is 30.2 Å². The summed E-state index contributed by atoms with van der Waals surface area (Å²) in [4.78, 5) is 15.6. The molecule has 2 aromatic rings. The standard InChI is InChI=1S/C15H16FN3O/c16-14-7-2-1-5-12(14)8-10-18-15(20)19-11-13-6-3-4-9-17-13/h1-7,9H,8,10-11H2,(H2,18,19,20). The largest absolute Gasteiger partial charge is 0.338 e. The molecule has 2 N–H and O–H groups in total. The maximum Gasteiger partial charge on any atom is 0.315 e. The van der Waals surface area contributed by atoms with Crippen molar-refractivity contribution in [2.45, 2.75) is 13.0 Å². The summed E-state index contributed by atoms with van der Waals surface area (Å²) in [7, 11) is 0. The topological polar surface area (TPSA) is 54.0 Å². The molecule has 0 saturated heterocycles. The van der Waals surface area contributed by atoms with Crippen LogP contribution in [0.1, 0.15) is 11.3 Å². The highest BCUT2D eigenvalue weighted by Crippen LogP contribution is 2.05. The van der Waals surface area contributed by atoms with Crippen LogP contribution in [0, 0.1) is 5.82 Å². The lowest BCUT2D eigenvalue weighted by molar-refractivity contribution is 0.240. The fourth-order valence-corrected chi connectivity index (χ4v) is 1.75. The number of aromatic nitrogens is 1. The second kappa shape index (κ2) is 7.23. The Labute approximate surface area is 117 Å². The minimum atomic E-state index is -0.285. The van der Waals surface area contributed by atoms with E-state index >= 15 is 0 Å². The van der Waals surface area contributed by atoms with Gasteiger partial charge in [-0.3, -0.25) is 4.98 Å². The monoisotopic (exact) mass is 273 g/mol. The Morgan fingerprint density at radius 3 is 2.65 bits per heavy atom. The maximum atomic E-state index is 13.3. The molecule has 20 heavy (non-hydrogen) atoms. The Balaban J connectivity index is 1.69. The van der Waals surface area contributed by atoms with Gasteiger partial charge in [0, 0.05) is 12.7 Å². The lowest BCUT2D eigenvalue weighted by Gasteiger charge is -2.07. The third-order valence-electron chi connectivity index (χ3n) is 2.79. The van der Waals surface area contributed by atoms with Crippen molar-refractivity contribution in [1.29, 1.82) is 0 Å². The molecule has 0 radical (unpaired) electrons. The number of rotatable bonds is 5. The van der Waals surface area contributed by atoms with Gasteiger partial charge in [-0.15, -0.1) is 0 Å². The Morgan fingerprint density at radius 1 is 1.10 bits per heavy atom. The molecule has 1 aromatic heterocycles. The molecule has 2 amide bonds. The highest BCUT2D eigenvalue weighted by Gasteiger charge is 2.03. The van der Waals surface area contributed by atoms with Gasteiger partial charge in [0.25, 0.3) is 0 Å². The number of halogens is 1. The molecular formula is C15H16FN3O. The molecule has 0 aliphatic heterocycles. The summed E-state index contributed by atoms with van der Waals surface area (Å²) in [6.07, 6.45) is 2.14. The molecule has 4 nitrogen and oxygen atoms in total. The Morgan fingerprint density at radius 2 is 1.90 bits per heavy atom. The molecule has 5 heteroatoms. The van der Waals surface area contributed by atoms with Gasteiger partial charge in [0.05, 0.1) is 12.2 Å². The molecule has 1 heterocycles. The van der Waals surface area contributed by atoms with Crippen LogP contribution >= 0.6 is 0 Å². The molecule has 0 spiro atoms. The Bertz CT molecular complexity index is 560. The predicted octanol–water partition coefficient (Wildman–Crippen LogP) is 2.26. The lowest BCUT2D eigenvalue weighted by atomic mass is 10.1. The molecule has 0 atom stereocenters. The number of carbonyl (C=O) groups is 1. The van der Waals surface area contributed by atoms with Gasteiger partial charge >= 0.3 is 6.03 Å². The van der Waals surface area contributed by atoms with Crippen LogP contribution in [-0.2, 0) is 13.0 Å². The molecule has 0 aliphatic rings. The zero-order chi connectivity index (χ0) is 14.2. The van der Waals surface area contributed by atoms with Crippen molar-refractivity contribution < 1.29 is 9.18 Å². The SMILES string of the molecule is O=C(NCCc1ccccc1F)NCc1ccccn1. The molecule has 0 saturated carbocycles. The third kappa shape index (κ3) is 4.35. The second-order valence-electron chi connectivity index (χ2n) is 4.27. The van der Waals surface area contributed by atoms with Crippen LogP contribution in [0.5, 0.6) is 0 Å². The highest BCUT2D eigenvalue weighted by molar-refractivity contribution is 5.73. The van der Waals surface area contributed by atoms with E-state index in [1.807, 2.05) is 18.2 Å². The van der Waals surface area contributed by atoms with Crippen LogP contribution in [0.3, 0.4) is 0 Å². The zero-order valence-electron chi connectivity index (χ0n) is 11.0. The third-order valence-corrected chi connectivity index (χ3v) is 2.79. The van der Waals surface area contributed by atoms with Crippen molar-refractivity contribution in [2.24, 2.45) is 0 Å². The van der Waals surface area contributed by atoms with E-state index in [2.05, 4.69) is 15.6 Å². The van der Waals surface area contributed by atoms with Crippen LogP contribution < -0.4 is 10.6 Å². The van der Waals surface area contributed by atoms with Gasteiger partial charge in [-0.2, -0.15) is 0 Å². The molecule has 2 rings (SSSR count). The van der Waals surface area contributed by atoms with Crippen LogP contribution in [0.2, 0.25) is 0 Å². The first-order valence-corrected chi connectivity index (χ1v) is 6.41. The van der Waals surface area contributed by atoms with Crippen LogP contribution in [0.15, 0.2) is 48.7 Å². The number of amides is 2. The van der Waals surface area contributed by atoms with Gasteiger partial charge in [-0.1, -0.05) is 24.3 Å². The zero-order valence-corrected chi connectivity index (χ0v) is 11.0. The molecule has 0 aliphatic carbocycles. The van der Waals surface area contributed by atoms with E-state index in [1.54, 1.807) is 24.4 Å². The number of hydrogen-bond acceptors (Lipinski definition) is 2. The van der Waals surface area contributed by atoms with Crippen molar-refractivity contribution in [1.82, 2.24) is 15.6 Å². The summed E-state index contributed by atoms with van der Waals surface area (Å²) >= 11 is 0. The predicted molar refractivity (Wildman–Crippen MR) is 74.6 cm³/mol. The van der Waals surface area contributed by atoms with E-state index in [9.17, 15) is 9.18 Å². The molecular weight excluding hydrogens is 257 g/mol. The summed E-state index contributed by atoms with van der Waals surface area (Å²) in [5, 5.41) is 5.38. The molecule has 0 fully saturated rings. The van der Waals surface area contributed by atoms with Crippen molar-refractivity contribution in [3.05, 3.63) is 65.7 Å². The van der Waals surface area contributed by atoms with E-state index < -0.39 is 0 Å². The van der Waals surface area contributed by atoms with E-state index in [4.69, 9.17) is 0 Å². The fraction of sp³-hybridized carbons (Fsp3) is 0.200. The van der Waals surface area contributed by atoms with Crippen molar-refractivity contribution >= 4 is 6.03 Å². The first-order chi connectivity index (χ1) is 9.75. The number of benzene rings is 1. The van der Waals surface area contributed by atoms with Gasteiger partial charge < -0.3 is 10.6 Å². The summed E-state index contributed by atoms with van der Waals surface area (Å²) < 4.78 is 13.3. The number of carbonyl (C=O) groups excluding carboxylic acids is 1. The van der Waals surface area contributed by atoms with Crippen LogP contribution in [0.4, 0.5) is 9.18 Å². The molecule has 0 unspecified atom stereocenters. The van der Waals surface area contributed by atoms with E-state index in [0.29, 0.717) is 25.1 Å². The van der Waals surface area contributed by atoms with Crippen molar-refractivity contribution in [2.75, 3.05) is 6.54 Å². The number of nitrogens with zero attached hydrogens (tertiary/aromatic N) is 1. The van der Waals surface area contributed by atoms with E-state index in [-0.39, 0.29) is 11.8 Å². The van der Waals surface area contributed by atoms with Crippen molar-refractivity contribution in [3.8, 4) is 0 Å². The number of nitrogens with one attached hydrogen (secondary N) is 2. The normalized spacial score (nSPS) is 10.1. The summed E-state index contributed by atoms with van der Waals surface area (Å²) in [6.45, 7) is 0.751. The second-order valence-corrected chi connectivity index (χ2v) is 4.27. The number of urea groups is 1. The smallest absolute Gasteiger partial charge is 0.315 e. The fourth-order valence-electron chi connectivity index (χ4n) is 1.75. The average molecular weight is 273 g/mol. The first kappa shape index (κ1) is 14.0. The molecule has 1 aromatic carbocycles. The van der Waals surface area contributed by atoms with Gasteiger partial charge in [-0.25, -0.2) is 9.18 Å². The number of pyridine rings is 1. The van der Waals surface area contributed by atoms with Gasteiger partial charge in [0.2, 0.25) is 0 Å². The summed E-state index contributed by atoms with van der Waals surface area (Å²) in [5.41, 5.74) is 1.38. The maximum absolute atomic E-state index is 13.3. The molecule has 0 bridgehead atoms. The van der Waals surface area contributed by atoms with Crippen LogP contribution in [-0.4, -0.2) is 17.6 Å². The first-order valence-electron chi connectivity index (χ1n) is 6.41. The number of hydrogen-bond donors (Lipinski definition) is 2. The van der Waals surface area contributed by atoms with Gasteiger partial charge in [0.15, 0.2) is 0 Å². The Kier molecular flexibility index (Phi) is 5.06. The quantitative estimate of drug-likeness (QED) is 0.878. The van der Waals surface area contributed by atoms with E-state index in [1.165, 1.54) is 6.07 Å². The average Bonchev–Trinajstić information content (AvgIpc) is 2.48. The summed E-state index contributed by atoms with van der Waals surface area (Å²) in [6, 6.07) is 11.8. The summed E-state index contributed by atoms with van der Waals surface area (Å²) in [5.74, 6) is -0.247. The lowest BCUT2D eigenvalue weighted by Crippen LogP contribution is -2.36. The van der Waals surface area contributed by atoms with Gasteiger partial charge in [0.1, 0.15) is 5.82 Å². The minimum Gasteiger partial charge on any atom is -0.338 e. The van der Waals surface area contributed by atoms with Crippen LogP contribution in [0.25, 0.3) is 0 Å². The molecule has 104 valence electrons. The Hall–Kier alpha value is -2.43. The minimum absolute atomic E-state index is 0.247.